The Morgan fingerprint density at radius 2 is 1.74 bits per heavy atom. The van der Waals surface area contributed by atoms with Crippen molar-refractivity contribution >= 4 is 11.9 Å². The zero-order valence-electron chi connectivity index (χ0n) is 15.7. The van der Waals surface area contributed by atoms with Crippen LogP contribution in [0, 0.1) is 12.7 Å². The number of carbonyl (C=O) groups is 2. The number of carbonyl (C=O) groups excluding carboxylic acids is 2. The summed E-state index contributed by atoms with van der Waals surface area (Å²) in [6.07, 6.45) is -0.0912. The average molecular weight is 375 g/mol. The van der Waals surface area contributed by atoms with Crippen LogP contribution in [-0.4, -0.2) is 33.2 Å². The molecule has 7 heteroatoms. The first-order valence-corrected chi connectivity index (χ1v) is 8.25. The van der Waals surface area contributed by atoms with Crippen LogP contribution in [0.4, 0.5) is 4.39 Å². The molecule has 6 nitrogen and oxygen atoms in total. The first kappa shape index (κ1) is 20.2. The maximum absolute atomic E-state index is 13.8. The Hall–Kier alpha value is -3.09. The molecule has 0 fully saturated rings. The molecule has 1 amide bonds. The molecule has 2 aromatic rings. The molecule has 0 heterocycles. The minimum atomic E-state index is -0.686. The van der Waals surface area contributed by atoms with Crippen LogP contribution in [-0.2, 0) is 9.53 Å². The van der Waals surface area contributed by atoms with Gasteiger partial charge in [0, 0.05) is 5.56 Å². The highest BCUT2D eigenvalue weighted by Crippen LogP contribution is 2.31. The SMILES string of the molecule is COC(=O)CC(NC(=O)c1ccc(C)c(F)c1)c1ccc(OC)c(OC)c1. The van der Waals surface area contributed by atoms with Crippen LogP contribution >= 0.6 is 0 Å². The van der Waals surface area contributed by atoms with Crippen LogP contribution in [0.5, 0.6) is 11.5 Å². The molecule has 0 saturated heterocycles. The summed E-state index contributed by atoms with van der Waals surface area (Å²) in [5.74, 6) is -0.494. The topological polar surface area (TPSA) is 73.9 Å². The van der Waals surface area contributed by atoms with Crippen molar-refractivity contribution in [2.75, 3.05) is 21.3 Å². The van der Waals surface area contributed by atoms with E-state index in [2.05, 4.69) is 5.32 Å². The second-order valence-electron chi connectivity index (χ2n) is 5.88. The van der Waals surface area contributed by atoms with Gasteiger partial charge in [-0.15, -0.1) is 0 Å². The number of aryl methyl sites for hydroxylation is 1. The summed E-state index contributed by atoms with van der Waals surface area (Å²) in [5.41, 5.74) is 1.23. The molecule has 1 atom stereocenters. The molecule has 144 valence electrons. The third-order valence-electron chi connectivity index (χ3n) is 4.15. The van der Waals surface area contributed by atoms with Crippen molar-refractivity contribution in [2.24, 2.45) is 0 Å². The molecule has 27 heavy (non-hydrogen) atoms. The Balaban J connectivity index is 2.32. The smallest absolute Gasteiger partial charge is 0.307 e. The molecule has 0 aromatic heterocycles. The second-order valence-corrected chi connectivity index (χ2v) is 5.88. The fourth-order valence-corrected chi connectivity index (χ4v) is 2.55. The molecular formula is C20H22FNO5. The summed E-state index contributed by atoms with van der Waals surface area (Å²) in [5, 5.41) is 2.75. The lowest BCUT2D eigenvalue weighted by atomic mass is 10.0. The molecule has 0 spiro atoms. The van der Waals surface area contributed by atoms with E-state index in [1.165, 1.54) is 33.5 Å². The van der Waals surface area contributed by atoms with Gasteiger partial charge >= 0.3 is 5.97 Å². The van der Waals surface area contributed by atoms with Gasteiger partial charge in [-0.2, -0.15) is 0 Å². The lowest BCUT2D eigenvalue weighted by Gasteiger charge is -2.20. The Bertz CT molecular complexity index is 837. The largest absolute Gasteiger partial charge is 0.493 e. The summed E-state index contributed by atoms with van der Waals surface area (Å²) in [4.78, 5) is 24.4. The molecule has 0 aliphatic rings. The van der Waals surface area contributed by atoms with Crippen molar-refractivity contribution in [1.82, 2.24) is 5.32 Å². The zero-order valence-corrected chi connectivity index (χ0v) is 15.7. The van der Waals surface area contributed by atoms with Crippen LogP contribution in [0.2, 0.25) is 0 Å². The molecule has 1 unspecified atom stereocenters. The van der Waals surface area contributed by atoms with Crippen molar-refractivity contribution in [2.45, 2.75) is 19.4 Å². The van der Waals surface area contributed by atoms with Gasteiger partial charge in [0.05, 0.1) is 33.8 Å². The van der Waals surface area contributed by atoms with E-state index in [4.69, 9.17) is 14.2 Å². The van der Waals surface area contributed by atoms with Gasteiger partial charge in [0.15, 0.2) is 11.5 Å². The van der Waals surface area contributed by atoms with Crippen LogP contribution in [0.15, 0.2) is 36.4 Å². The van der Waals surface area contributed by atoms with E-state index >= 15 is 0 Å². The van der Waals surface area contributed by atoms with E-state index in [9.17, 15) is 14.0 Å². The van der Waals surface area contributed by atoms with Crippen LogP contribution in [0.3, 0.4) is 0 Å². The summed E-state index contributed by atoms with van der Waals surface area (Å²) >= 11 is 0. The van der Waals surface area contributed by atoms with E-state index < -0.39 is 23.7 Å². The first-order chi connectivity index (χ1) is 12.9. The number of hydrogen-bond acceptors (Lipinski definition) is 5. The number of amides is 1. The summed E-state index contributed by atoms with van der Waals surface area (Å²) in [6.45, 7) is 1.61. The van der Waals surface area contributed by atoms with Crippen molar-refractivity contribution in [3.05, 3.63) is 58.9 Å². The van der Waals surface area contributed by atoms with Gasteiger partial charge in [0.25, 0.3) is 5.91 Å². The number of ether oxygens (including phenoxy) is 3. The predicted octanol–water partition coefficient (Wildman–Crippen LogP) is 3.19. The first-order valence-electron chi connectivity index (χ1n) is 8.25. The van der Waals surface area contributed by atoms with Crippen molar-refractivity contribution in [3.8, 4) is 11.5 Å². The molecule has 0 bridgehead atoms. The number of esters is 1. The van der Waals surface area contributed by atoms with Gasteiger partial charge in [-0.05, 0) is 42.3 Å². The molecule has 2 rings (SSSR count). The Kier molecular flexibility index (Phi) is 6.76. The van der Waals surface area contributed by atoms with E-state index in [0.29, 0.717) is 22.6 Å². The van der Waals surface area contributed by atoms with Crippen molar-refractivity contribution in [1.29, 1.82) is 0 Å². The number of rotatable bonds is 7. The maximum atomic E-state index is 13.8. The number of methoxy groups -OCH3 is 3. The zero-order chi connectivity index (χ0) is 20.0. The van der Waals surface area contributed by atoms with Gasteiger partial charge in [0.1, 0.15) is 5.82 Å². The quantitative estimate of drug-likeness (QED) is 0.753. The van der Waals surface area contributed by atoms with Gasteiger partial charge in [-0.1, -0.05) is 12.1 Å². The number of hydrogen-bond donors (Lipinski definition) is 1. The van der Waals surface area contributed by atoms with E-state index in [1.807, 2.05) is 0 Å². The standard InChI is InChI=1S/C20H22FNO5/c1-12-5-6-14(9-15(12)21)20(24)22-16(11-19(23)27-4)13-7-8-17(25-2)18(10-13)26-3/h5-10,16H,11H2,1-4H3,(H,22,24). The van der Waals surface area contributed by atoms with Crippen LogP contribution < -0.4 is 14.8 Å². The highest BCUT2D eigenvalue weighted by atomic mass is 19.1. The lowest BCUT2D eigenvalue weighted by molar-refractivity contribution is -0.141. The van der Waals surface area contributed by atoms with Crippen LogP contribution in [0.1, 0.15) is 33.9 Å². The average Bonchev–Trinajstić information content (AvgIpc) is 2.68. The van der Waals surface area contributed by atoms with Crippen LogP contribution in [0.25, 0.3) is 0 Å². The monoisotopic (exact) mass is 375 g/mol. The molecule has 2 aromatic carbocycles. The van der Waals surface area contributed by atoms with Crippen molar-refractivity contribution < 1.29 is 28.2 Å². The molecular weight excluding hydrogens is 353 g/mol. The van der Waals surface area contributed by atoms with Gasteiger partial charge in [-0.3, -0.25) is 9.59 Å². The number of benzene rings is 2. The fraction of sp³-hybridized carbons (Fsp3) is 0.300. The third-order valence-corrected chi connectivity index (χ3v) is 4.15. The molecule has 0 aliphatic heterocycles. The van der Waals surface area contributed by atoms with Gasteiger partial charge in [0.2, 0.25) is 0 Å². The van der Waals surface area contributed by atoms with E-state index in [-0.39, 0.29) is 12.0 Å². The Morgan fingerprint density at radius 3 is 2.33 bits per heavy atom. The predicted molar refractivity (Wildman–Crippen MR) is 97.5 cm³/mol. The minimum Gasteiger partial charge on any atom is -0.493 e. The Morgan fingerprint density at radius 1 is 1.04 bits per heavy atom. The highest BCUT2D eigenvalue weighted by Gasteiger charge is 2.21. The minimum absolute atomic E-state index is 0.0912. The third kappa shape index (κ3) is 4.97. The van der Waals surface area contributed by atoms with E-state index in [1.54, 1.807) is 25.1 Å². The highest BCUT2D eigenvalue weighted by molar-refractivity contribution is 5.94. The number of nitrogens with one attached hydrogen (secondary N) is 1. The number of halogens is 1. The molecule has 1 N–H and O–H groups in total. The molecule has 0 radical (unpaired) electrons. The summed E-state index contributed by atoms with van der Waals surface area (Å²) in [6, 6.07) is 8.58. The van der Waals surface area contributed by atoms with Crippen molar-refractivity contribution in [3.63, 3.8) is 0 Å². The molecule has 0 aliphatic carbocycles. The normalized spacial score (nSPS) is 11.4. The summed E-state index contributed by atoms with van der Waals surface area (Å²) < 4.78 is 29.0. The van der Waals surface area contributed by atoms with Gasteiger partial charge in [-0.25, -0.2) is 4.39 Å². The molecule has 0 saturated carbocycles. The fourth-order valence-electron chi connectivity index (χ4n) is 2.55. The Labute approximate surface area is 157 Å². The van der Waals surface area contributed by atoms with Gasteiger partial charge < -0.3 is 19.5 Å². The lowest BCUT2D eigenvalue weighted by Crippen LogP contribution is -2.30. The maximum Gasteiger partial charge on any atom is 0.307 e. The van der Waals surface area contributed by atoms with E-state index in [0.717, 1.165) is 6.07 Å². The summed E-state index contributed by atoms with van der Waals surface area (Å²) in [7, 11) is 4.27. The second kappa shape index (κ2) is 9.02.